The maximum absolute atomic E-state index is 5.95. The van der Waals surface area contributed by atoms with Crippen LogP contribution in [0.3, 0.4) is 0 Å². The molecule has 1 aromatic heterocycles. The fraction of sp³-hybridized carbons (Fsp3) is 0.500. The molecule has 1 atom stereocenters. The highest BCUT2D eigenvalue weighted by Gasteiger charge is 2.14. The van der Waals surface area contributed by atoms with Gasteiger partial charge in [-0.2, -0.15) is 5.10 Å². The van der Waals surface area contributed by atoms with Gasteiger partial charge < -0.3 is 5.32 Å². The van der Waals surface area contributed by atoms with Crippen LogP contribution in [-0.2, 0) is 19.4 Å². The SMILES string of the molecule is CCCn1ncnc1CC(CNC)Cc1ccc(Cl)cc1. The van der Waals surface area contributed by atoms with Crippen LogP contribution in [0.1, 0.15) is 24.7 Å². The Balaban J connectivity index is 2.04. The van der Waals surface area contributed by atoms with Gasteiger partial charge in [0.2, 0.25) is 0 Å². The van der Waals surface area contributed by atoms with E-state index in [0.29, 0.717) is 5.92 Å². The molecule has 4 nitrogen and oxygen atoms in total. The summed E-state index contributed by atoms with van der Waals surface area (Å²) in [5, 5.41) is 8.37. The number of hydrogen-bond donors (Lipinski definition) is 1. The lowest BCUT2D eigenvalue weighted by Crippen LogP contribution is -2.24. The molecule has 1 aromatic carbocycles. The number of halogens is 1. The van der Waals surface area contributed by atoms with Crippen LogP contribution in [0.4, 0.5) is 0 Å². The van der Waals surface area contributed by atoms with Gasteiger partial charge in [0.25, 0.3) is 0 Å². The third kappa shape index (κ3) is 4.83. The third-order valence-corrected chi connectivity index (χ3v) is 3.78. The first-order valence-corrected chi connectivity index (χ1v) is 7.86. The number of aryl methyl sites for hydroxylation is 1. The van der Waals surface area contributed by atoms with E-state index in [4.69, 9.17) is 11.6 Å². The number of nitrogens with one attached hydrogen (secondary N) is 1. The van der Waals surface area contributed by atoms with Crippen LogP contribution >= 0.6 is 11.6 Å². The quantitative estimate of drug-likeness (QED) is 0.815. The predicted octanol–water partition coefficient (Wildman–Crippen LogP) is 2.96. The maximum Gasteiger partial charge on any atom is 0.138 e. The van der Waals surface area contributed by atoms with Crippen molar-refractivity contribution in [2.45, 2.75) is 32.7 Å². The Morgan fingerprint density at radius 1 is 1.24 bits per heavy atom. The Bertz CT molecular complexity index is 535. The lowest BCUT2D eigenvalue weighted by molar-refractivity contribution is 0.458. The summed E-state index contributed by atoms with van der Waals surface area (Å²) in [5.74, 6) is 1.57. The summed E-state index contributed by atoms with van der Waals surface area (Å²) in [6.45, 7) is 4.05. The maximum atomic E-state index is 5.95. The smallest absolute Gasteiger partial charge is 0.138 e. The Labute approximate surface area is 131 Å². The van der Waals surface area contributed by atoms with Crippen LogP contribution in [0.15, 0.2) is 30.6 Å². The largest absolute Gasteiger partial charge is 0.319 e. The van der Waals surface area contributed by atoms with Gasteiger partial charge in [-0.05, 0) is 50.0 Å². The molecule has 0 aliphatic carbocycles. The first kappa shape index (κ1) is 16.0. The molecule has 0 bridgehead atoms. The van der Waals surface area contributed by atoms with Gasteiger partial charge in [0.1, 0.15) is 12.2 Å². The number of nitrogens with zero attached hydrogens (tertiary/aromatic N) is 3. The minimum Gasteiger partial charge on any atom is -0.319 e. The molecule has 1 N–H and O–H groups in total. The molecule has 0 radical (unpaired) electrons. The van der Waals surface area contributed by atoms with E-state index < -0.39 is 0 Å². The van der Waals surface area contributed by atoms with Crippen LogP contribution in [0.5, 0.6) is 0 Å². The van der Waals surface area contributed by atoms with Gasteiger partial charge in [0.05, 0.1) is 0 Å². The molecule has 2 aromatic rings. The van der Waals surface area contributed by atoms with Gasteiger partial charge in [0.15, 0.2) is 0 Å². The zero-order valence-corrected chi connectivity index (χ0v) is 13.5. The van der Waals surface area contributed by atoms with Crippen molar-refractivity contribution >= 4 is 11.6 Å². The zero-order chi connectivity index (χ0) is 15.1. The number of hydrogen-bond acceptors (Lipinski definition) is 3. The monoisotopic (exact) mass is 306 g/mol. The second-order valence-electron chi connectivity index (χ2n) is 5.36. The molecule has 0 saturated carbocycles. The molecule has 0 saturated heterocycles. The summed E-state index contributed by atoms with van der Waals surface area (Å²) in [7, 11) is 1.99. The summed E-state index contributed by atoms with van der Waals surface area (Å²) in [6.07, 6.45) is 4.68. The van der Waals surface area contributed by atoms with E-state index in [0.717, 1.165) is 43.2 Å². The number of rotatable bonds is 8. The van der Waals surface area contributed by atoms with Crippen LogP contribution in [0.2, 0.25) is 5.02 Å². The van der Waals surface area contributed by atoms with Crippen molar-refractivity contribution in [2.24, 2.45) is 5.92 Å². The normalized spacial score (nSPS) is 12.5. The summed E-state index contributed by atoms with van der Waals surface area (Å²) in [4.78, 5) is 4.42. The van der Waals surface area contributed by atoms with Crippen molar-refractivity contribution in [2.75, 3.05) is 13.6 Å². The third-order valence-electron chi connectivity index (χ3n) is 3.53. The summed E-state index contributed by atoms with van der Waals surface area (Å²) < 4.78 is 2.02. The van der Waals surface area contributed by atoms with E-state index in [9.17, 15) is 0 Å². The van der Waals surface area contributed by atoms with Crippen molar-refractivity contribution < 1.29 is 0 Å². The van der Waals surface area contributed by atoms with Crippen LogP contribution in [0, 0.1) is 5.92 Å². The summed E-state index contributed by atoms with van der Waals surface area (Å²) >= 11 is 5.95. The highest BCUT2D eigenvalue weighted by atomic mass is 35.5. The Kier molecular flexibility index (Phi) is 6.21. The summed E-state index contributed by atoms with van der Waals surface area (Å²) in [5.41, 5.74) is 1.31. The molecule has 114 valence electrons. The first-order valence-electron chi connectivity index (χ1n) is 7.48. The molecular formula is C16H23ClN4. The second-order valence-corrected chi connectivity index (χ2v) is 5.79. The average Bonchev–Trinajstić information content (AvgIpc) is 2.89. The van der Waals surface area contributed by atoms with Crippen LogP contribution in [-0.4, -0.2) is 28.4 Å². The minimum atomic E-state index is 0.496. The van der Waals surface area contributed by atoms with Gasteiger partial charge in [-0.25, -0.2) is 4.98 Å². The zero-order valence-electron chi connectivity index (χ0n) is 12.7. The summed E-state index contributed by atoms with van der Waals surface area (Å²) in [6, 6.07) is 8.10. The van der Waals surface area contributed by atoms with Crippen molar-refractivity contribution in [3.05, 3.63) is 47.0 Å². The van der Waals surface area contributed by atoms with Crippen molar-refractivity contribution in [1.29, 1.82) is 0 Å². The van der Waals surface area contributed by atoms with E-state index in [1.54, 1.807) is 6.33 Å². The molecule has 0 aliphatic heterocycles. The topological polar surface area (TPSA) is 42.7 Å². The predicted molar refractivity (Wildman–Crippen MR) is 86.6 cm³/mol. The first-order chi connectivity index (χ1) is 10.2. The van der Waals surface area contributed by atoms with Crippen LogP contribution in [0.25, 0.3) is 0 Å². The number of aromatic nitrogens is 3. The van der Waals surface area contributed by atoms with Crippen molar-refractivity contribution in [1.82, 2.24) is 20.1 Å². The molecular weight excluding hydrogens is 284 g/mol. The molecule has 0 aliphatic rings. The molecule has 1 heterocycles. The van der Waals surface area contributed by atoms with Gasteiger partial charge in [-0.1, -0.05) is 30.7 Å². The Morgan fingerprint density at radius 2 is 2.00 bits per heavy atom. The van der Waals surface area contributed by atoms with Crippen LogP contribution < -0.4 is 5.32 Å². The molecule has 2 rings (SSSR count). The highest BCUT2D eigenvalue weighted by Crippen LogP contribution is 2.16. The van der Waals surface area contributed by atoms with Gasteiger partial charge in [-0.15, -0.1) is 0 Å². The highest BCUT2D eigenvalue weighted by molar-refractivity contribution is 6.30. The molecule has 21 heavy (non-hydrogen) atoms. The number of benzene rings is 1. The van der Waals surface area contributed by atoms with E-state index in [-0.39, 0.29) is 0 Å². The van der Waals surface area contributed by atoms with Gasteiger partial charge in [-0.3, -0.25) is 4.68 Å². The molecule has 0 spiro atoms. The molecule has 0 fully saturated rings. The Morgan fingerprint density at radius 3 is 2.67 bits per heavy atom. The van der Waals surface area contributed by atoms with Gasteiger partial charge >= 0.3 is 0 Å². The molecule has 0 amide bonds. The van der Waals surface area contributed by atoms with E-state index in [2.05, 4.69) is 34.5 Å². The molecule has 5 heteroatoms. The fourth-order valence-electron chi connectivity index (χ4n) is 2.56. The Hall–Kier alpha value is -1.39. The lowest BCUT2D eigenvalue weighted by atomic mass is 9.95. The lowest BCUT2D eigenvalue weighted by Gasteiger charge is -2.17. The van der Waals surface area contributed by atoms with Crippen molar-refractivity contribution in [3.8, 4) is 0 Å². The van der Waals surface area contributed by atoms with Gasteiger partial charge in [0, 0.05) is 18.0 Å². The van der Waals surface area contributed by atoms with Crippen molar-refractivity contribution in [3.63, 3.8) is 0 Å². The van der Waals surface area contributed by atoms with E-state index >= 15 is 0 Å². The standard InChI is InChI=1S/C16H23ClN4/c1-3-8-21-16(19-12-20-21)10-14(11-18-2)9-13-4-6-15(17)7-5-13/h4-7,12,14,18H,3,8-11H2,1-2H3. The average molecular weight is 307 g/mol. The molecule has 1 unspecified atom stereocenters. The van der Waals surface area contributed by atoms with E-state index in [1.807, 2.05) is 23.9 Å². The second kappa shape index (κ2) is 8.15. The fourth-order valence-corrected chi connectivity index (χ4v) is 2.69. The van der Waals surface area contributed by atoms with E-state index in [1.165, 1.54) is 5.56 Å². The minimum absolute atomic E-state index is 0.496.